The molecule has 0 saturated carbocycles. The Morgan fingerprint density at radius 2 is 2.53 bits per heavy atom. The van der Waals surface area contributed by atoms with Crippen LogP contribution in [0, 0.1) is 0 Å². The molecule has 17 heavy (non-hydrogen) atoms. The van der Waals surface area contributed by atoms with Crippen LogP contribution in [0.25, 0.3) is 0 Å². The van der Waals surface area contributed by atoms with Gasteiger partial charge in [0.05, 0.1) is 12.2 Å². The van der Waals surface area contributed by atoms with E-state index in [1.54, 1.807) is 18.0 Å². The Kier molecular flexibility index (Phi) is 4.05. The number of nitrogens with one attached hydrogen (secondary N) is 2. The third-order valence-corrected chi connectivity index (χ3v) is 2.69. The average molecular weight is 239 g/mol. The summed E-state index contributed by atoms with van der Waals surface area (Å²) in [4.78, 5) is 11.7. The maximum atomic E-state index is 11.7. The van der Waals surface area contributed by atoms with Crippen LogP contribution in [0.15, 0.2) is 6.20 Å². The number of hydrogen-bond acceptors (Lipinski definition) is 5. The molecule has 0 atom stereocenters. The Hall–Kier alpha value is -1.47. The van der Waals surface area contributed by atoms with Crippen molar-refractivity contribution in [3.8, 4) is 0 Å². The third-order valence-electron chi connectivity index (χ3n) is 2.69. The van der Waals surface area contributed by atoms with Crippen molar-refractivity contribution in [3.63, 3.8) is 0 Å². The summed E-state index contributed by atoms with van der Waals surface area (Å²) in [6.45, 7) is 3.00. The predicted octanol–water partition coefficient (Wildman–Crippen LogP) is -0.811. The third kappa shape index (κ3) is 3.01. The molecule has 0 bridgehead atoms. The molecule has 2 heterocycles. The maximum Gasteiger partial charge on any atom is 0.273 e. The number of hydrogen-bond donors (Lipinski definition) is 2. The van der Waals surface area contributed by atoms with Gasteiger partial charge in [-0.1, -0.05) is 5.21 Å². The molecular formula is C10H17N5O2. The molecule has 2 rings (SSSR count). The molecule has 1 amide bonds. The molecule has 7 nitrogen and oxygen atoms in total. The molecule has 94 valence electrons. The summed E-state index contributed by atoms with van der Waals surface area (Å²) in [5.74, 6) is -0.181. The topological polar surface area (TPSA) is 81.1 Å². The highest BCUT2D eigenvalue weighted by Gasteiger charge is 2.21. The first-order chi connectivity index (χ1) is 8.31. The van der Waals surface area contributed by atoms with Gasteiger partial charge in [-0.25, -0.2) is 4.68 Å². The van der Waals surface area contributed by atoms with E-state index in [0.29, 0.717) is 24.9 Å². The predicted molar refractivity (Wildman–Crippen MR) is 60.8 cm³/mol. The summed E-state index contributed by atoms with van der Waals surface area (Å²) in [5, 5.41) is 13.7. The van der Waals surface area contributed by atoms with E-state index < -0.39 is 0 Å². The quantitative estimate of drug-likeness (QED) is 0.634. The van der Waals surface area contributed by atoms with Crippen molar-refractivity contribution in [2.45, 2.75) is 12.5 Å². The second-order valence-corrected chi connectivity index (χ2v) is 4.00. The molecular weight excluding hydrogens is 222 g/mol. The number of carbonyl (C=O) groups is 1. The lowest BCUT2D eigenvalue weighted by Crippen LogP contribution is -2.43. The van der Waals surface area contributed by atoms with Crippen LogP contribution in [0.1, 0.15) is 23.0 Å². The van der Waals surface area contributed by atoms with E-state index in [0.717, 1.165) is 19.5 Å². The fourth-order valence-electron chi connectivity index (χ4n) is 1.53. The lowest BCUT2D eigenvalue weighted by molar-refractivity contribution is 0.0943. The van der Waals surface area contributed by atoms with Gasteiger partial charge in [0.25, 0.3) is 5.91 Å². The number of nitrogens with zero attached hydrogens (tertiary/aromatic N) is 3. The molecule has 0 spiro atoms. The van der Waals surface area contributed by atoms with Gasteiger partial charge in [-0.3, -0.25) is 4.79 Å². The monoisotopic (exact) mass is 239 g/mol. The number of ether oxygens (including phenoxy) is 1. The highest BCUT2D eigenvalue weighted by atomic mass is 16.5. The number of methoxy groups -OCH3 is 1. The Labute approximate surface area is 99.5 Å². The Morgan fingerprint density at radius 1 is 1.71 bits per heavy atom. The molecule has 7 heteroatoms. The van der Waals surface area contributed by atoms with Crippen LogP contribution in [0.2, 0.25) is 0 Å². The van der Waals surface area contributed by atoms with Crippen molar-refractivity contribution in [1.29, 1.82) is 0 Å². The second-order valence-electron chi connectivity index (χ2n) is 4.00. The summed E-state index contributed by atoms with van der Waals surface area (Å²) < 4.78 is 6.63. The molecule has 1 aromatic rings. The number of rotatable bonds is 6. The van der Waals surface area contributed by atoms with Crippen molar-refractivity contribution in [1.82, 2.24) is 25.6 Å². The van der Waals surface area contributed by atoms with Crippen molar-refractivity contribution >= 4 is 5.91 Å². The molecule has 0 aliphatic carbocycles. The summed E-state index contributed by atoms with van der Waals surface area (Å²) >= 11 is 0. The van der Waals surface area contributed by atoms with Crippen LogP contribution in [-0.4, -0.2) is 54.3 Å². The fraction of sp³-hybridized carbons (Fsp3) is 0.700. The molecule has 0 unspecified atom stereocenters. The Balaban J connectivity index is 1.80. The van der Waals surface area contributed by atoms with Crippen molar-refractivity contribution < 1.29 is 9.53 Å². The zero-order valence-corrected chi connectivity index (χ0v) is 9.85. The lowest BCUT2D eigenvalue weighted by Gasteiger charge is -2.26. The van der Waals surface area contributed by atoms with Crippen LogP contribution in [-0.2, 0) is 4.74 Å². The molecule has 2 N–H and O–H groups in total. The molecule has 1 saturated heterocycles. The zero-order valence-electron chi connectivity index (χ0n) is 9.85. The first-order valence-electron chi connectivity index (χ1n) is 5.71. The number of carbonyl (C=O) groups excluding carboxylic acids is 1. The average Bonchev–Trinajstić information content (AvgIpc) is 2.71. The fourth-order valence-corrected chi connectivity index (χ4v) is 1.53. The molecule has 0 radical (unpaired) electrons. The minimum absolute atomic E-state index is 0.181. The summed E-state index contributed by atoms with van der Waals surface area (Å²) in [6.07, 6.45) is 2.49. The van der Waals surface area contributed by atoms with Crippen LogP contribution in [0.4, 0.5) is 0 Å². The van der Waals surface area contributed by atoms with E-state index >= 15 is 0 Å². The molecule has 1 aliphatic heterocycles. The Morgan fingerprint density at radius 3 is 3.18 bits per heavy atom. The highest BCUT2D eigenvalue weighted by molar-refractivity contribution is 5.91. The minimum Gasteiger partial charge on any atom is -0.385 e. The number of amides is 1. The standard InChI is InChI=1S/C10H17N5O2/c1-17-4-2-3-12-10(16)9-7-15(14-13-9)8-5-11-6-8/h7-8,11H,2-6H2,1H3,(H,12,16). The normalized spacial score (nSPS) is 15.6. The highest BCUT2D eigenvalue weighted by Crippen LogP contribution is 2.09. The SMILES string of the molecule is COCCCNC(=O)c1cn(C2CNC2)nn1. The molecule has 1 aromatic heterocycles. The van der Waals surface area contributed by atoms with E-state index in [4.69, 9.17) is 4.74 Å². The van der Waals surface area contributed by atoms with E-state index in [1.165, 1.54) is 0 Å². The van der Waals surface area contributed by atoms with Gasteiger partial charge < -0.3 is 15.4 Å². The van der Waals surface area contributed by atoms with E-state index in [9.17, 15) is 4.79 Å². The summed E-state index contributed by atoms with van der Waals surface area (Å²) in [7, 11) is 1.64. The smallest absolute Gasteiger partial charge is 0.273 e. The van der Waals surface area contributed by atoms with Crippen LogP contribution < -0.4 is 10.6 Å². The zero-order chi connectivity index (χ0) is 12.1. The van der Waals surface area contributed by atoms with E-state index in [-0.39, 0.29) is 5.91 Å². The van der Waals surface area contributed by atoms with Gasteiger partial charge in [-0.15, -0.1) is 5.10 Å². The van der Waals surface area contributed by atoms with Gasteiger partial charge in [0, 0.05) is 33.4 Å². The van der Waals surface area contributed by atoms with Gasteiger partial charge >= 0.3 is 0 Å². The first-order valence-corrected chi connectivity index (χ1v) is 5.71. The summed E-state index contributed by atoms with van der Waals surface area (Å²) in [6, 6.07) is 0.331. The number of aromatic nitrogens is 3. The molecule has 1 aliphatic rings. The largest absolute Gasteiger partial charge is 0.385 e. The van der Waals surface area contributed by atoms with Crippen molar-refractivity contribution in [3.05, 3.63) is 11.9 Å². The van der Waals surface area contributed by atoms with Gasteiger partial charge in [-0.2, -0.15) is 0 Å². The lowest BCUT2D eigenvalue weighted by atomic mass is 10.2. The van der Waals surface area contributed by atoms with Gasteiger partial charge in [0.1, 0.15) is 0 Å². The second kappa shape index (κ2) is 5.74. The maximum absolute atomic E-state index is 11.7. The van der Waals surface area contributed by atoms with Crippen LogP contribution >= 0.6 is 0 Å². The van der Waals surface area contributed by atoms with Crippen LogP contribution in [0.3, 0.4) is 0 Å². The van der Waals surface area contributed by atoms with Crippen LogP contribution in [0.5, 0.6) is 0 Å². The van der Waals surface area contributed by atoms with Gasteiger partial charge in [-0.05, 0) is 6.42 Å². The minimum atomic E-state index is -0.181. The Bertz CT molecular complexity index is 375. The summed E-state index contributed by atoms with van der Waals surface area (Å²) in [5.41, 5.74) is 0.370. The van der Waals surface area contributed by atoms with E-state index in [1.807, 2.05) is 0 Å². The van der Waals surface area contributed by atoms with Gasteiger partial charge in [0.15, 0.2) is 5.69 Å². The first kappa shape index (κ1) is 12.0. The van der Waals surface area contributed by atoms with E-state index in [2.05, 4.69) is 20.9 Å². The molecule has 1 fully saturated rings. The van der Waals surface area contributed by atoms with Gasteiger partial charge in [0.2, 0.25) is 0 Å². The molecule has 0 aromatic carbocycles. The van der Waals surface area contributed by atoms with Crippen molar-refractivity contribution in [2.75, 3.05) is 33.4 Å². The van der Waals surface area contributed by atoms with Crippen molar-refractivity contribution in [2.24, 2.45) is 0 Å².